The lowest BCUT2D eigenvalue weighted by Gasteiger charge is -2.34. The third kappa shape index (κ3) is 8.25. The minimum absolute atomic E-state index is 0.0201. The third-order valence-corrected chi connectivity index (χ3v) is 7.16. The second-order valence-electron chi connectivity index (χ2n) is 11.1. The van der Waals surface area contributed by atoms with Gasteiger partial charge >= 0.3 is 12.1 Å². The fourth-order valence-corrected chi connectivity index (χ4v) is 5.50. The molecule has 0 N–H and O–H groups in total. The van der Waals surface area contributed by atoms with Gasteiger partial charge in [0.2, 0.25) is 0 Å². The molecule has 1 aromatic rings. The first kappa shape index (κ1) is 29.1. The Bertz CT molecular complexity index is 937. The molecule has 206 valence electrons. The SMILES string of the molecule is CCOCCCOC(=O)c1ccc(CC(=O)[C@@H]2[C@H](C3CCCCC3)CCN2C(=O)OC(C)(C)C)cc1F. The van der Waals surface area contributed by atoms with Gasteiger partial charge in [0.1, 0.15) is 11.4 Å². The molecular weight excluding hydrogens is 477 g/mol. The number of Topliss-reactive ketones (excluding diaryl/α,β-unsaturated/α-hetero) is 1. The molecule has 0 unspecified atom stereocenters. The van der Waals surface area contributed by atoms with Gasteiger partial charge in [-0.05, 0) is 63.6 Å². The zero-order chi connectivity index (χ0) is 27.0. The molecule has 1 aliphatic heterocycles. The standard InChI is InChI=1S/C29H42FNO6/c1-5-35-16-9-17-36-27(33)23-13-12-20(18-24(23)30)19-25(32)26-22(21-10-7-6-8-11-21)14-15-31(26)28(34)37-29(2,3)4/h12-13,18,21-22,26H,5-11,14-17,19H2,1-4H3/t22-,26-/m0/s1. The Morgan fingerprint density at radius 3 is 2.43 bits per heavy atom. The first-order valence-electron chi connectivity index (χ1n) is 13.7. The fourth-order valence-electron chi connectivity index (χ4n) is 5.50. The first-order valence-corrected chi connectivity index (χ1v) is 13.7. The zero-order valence-electron chi connectivity index (χ0n) is 22.7. The van der Waals surface area contributed by atoms with Crippen LogP contribution in [0, 0.1) is 17.7 Å². The van der Waals surface area contributed by atoms with Crippen LogP contribution in [-0.4, -0.2) is 60.8 Å². The van der Waals surface area contributed by atoms with Crippen LogP contribution in [0.15, 0.2) is 18.2 Å². The van der Waals surface area contributed by atoms with Crippen LogP contribution in [-0.2, 0) is 25.4 Å². The van der Waals surface area contributed by atoms with Crippen LogP contribution in [0.2, 0.25) is 0 Å². The average molecular weight is 520 g/mol. The van der Waals surface area contributed by atoms with Crippen LogP contribution in [0.4, 0.5) is 9.18 Å². The highest BCUT2D eigenvalue weighted by Crippen LogP contribution is 2.40. The van der Waals surface area contributed by atoms with Crippen molar-refractivity contribution < 1.29 is 33.0 Å². The van der Waals surface area contributed by atoms with Crippen LogP contribution in [0.3, 0.4) is 0 Å². The summed E-state index contributed by atoms with van der Waals surface area (Å²) in [5.74, 6) is -1.11. The lowest BCUT2D eigenvalue weighted by molar-refractivity contribution is -0.124. The summed E-state index contributed by atoms with van der Waals surface area (Å²) >= 11 is 0. The van der Waals surface area contributed by atoms with Crippen LogP contribution >= 0.6 is 0 Å². The van der Waals surface area contributed by atoms with E-state index in [2.05, 4.69) is 0 Å². The summed E-state index contributed by atoms with van der Waals surface area (Å²) in [6, 6.07) is 3.58. The van der Waals surface area contributed by atoms with E-state index in [1.165, 1.54) is 18.6 Å². The van der Waals surface area contributed by atoms with Crippen LogP contribution < -0.4 is 0 Å². The summed E-state index contributed by atoms with van der Waals surface area (Å²) in [5, 5.41) is 0. The van der Waals surface area contributed by atoms with Gasteiger partial charge in [-0.15, -0.1) is 0 Å². The number of carbonyl (C=O) groups excluding carboxylic acids is 3. The van der Waals surface area contributed by atoms with Crippen LogP contribution in [0.5, 0.6) is 0 Å². The van der Waals surface area contributed by atoms with Gasteiger partial charge in [0.25, 0.3) is 0 Å². The molecule has 2 aliphatic rings. The Hall–Kier alpha value is -2.48. The lowest BCUT2D eigenvalue weighted by atomic mass is 9.75. The van der Waals surface area contributed by atoms with Gasteiger partial charge in [-0.2, -0.15) is 0 Å². The fraction of sp³-hybridized carbons (Fsp3) is 0.690. The van der Waals surface area contributed by atoms with Crippen LogP contribution in [0.25, 0.3) is 0 Å². The molecule has 1 amide bonds. The third-order valence-electron chi connectivity index (χ3n) is 7.16. The van der Waals surface area contributed by atoms with Crippen molar-refractivity contribution in [3.63, 3.8) is 0 Å². The number of hydrogen-bond donors (Lipinski definition) is 0. The van der Waals surface area contributed by atoms with Gasteiger partial charge in [0, 0.05) is 32.6 Å². The van der Waals surface area contributed by atoms with E-state index in [1.807, 2.05) is 27.7 Å². The van der Waals surface area contributed by atoms with Gasteiger partial charge in [-0.25, -0.2) is 14.0 Å². The lowest BCUT2D eigenvalue weighted by Crippen LogP contribution is -2.47. The van der Waals surface area contributed by atoms with E-state index in [-0.39, 0.29) is 30.3 Å². The number of esters is 1. The summed E-state index contributed by atoms with van der Waals surface area (Å²) in [6.07, 6.45) is 6.42. The molecule has 1 heterocycles. The molecule has 3 rings (SSSR count). The van der Waals surface area contributed by atoms with E-state index in [1.54, 1.807) is 11.0 Å². The number of likely N-dealkylation sites (tertiary alicyclic amines) is 1. The minimum Gasteiger partial charge on any atom is -0.462 e. The number of ether oxygens (including phenoxy) is 3. The van der Waals surface area contributed by atoms with Gasteiger partial charge in [-0.3, -0.25) is 9.69 Å². The molecule has 0 bridgehead atoms. The summed E-state index contributed by atoms with van der Waals surface area (Å²) in [6.45, 7) is 8.99. The molecule has 1 aliphatic carbocycles. The minimum atomic E-state index is -0.740. The maximum absolute atomic E-state index is 14.8. The first-order chi connectivity index (χ1) is 17.6. The number of nitrogens with zero attached hydrogens (tertiary/aromatic N) is 1. The molecule has 1 saturated heterocycles. The highest BCUT2D eigenvalue weighted by molar-refractivity contribution is 5.91. The number of benzene rings is 1. The average Bonchev–Trinajstić information content (AvgIpc) is 3.29. The Kier molecular flexibility index (Phi) is 10.5. The van der Waals surface area contributed by atoms with E-state index in [4.69, 9.17) is 14.2 Å². The van der Waals surface area contributed by atoms with Crippen molar-refractivity contribution in [3.8, 4) is 0 Å². The molecular formula is C29H42FNO6. The van der Waals surface area contributed by atoms with Gasteiger partial charge < -0.3 is 14.2 Å². The molecule has 0 aromatic heterocycles. The molecule has 1 saturated carbocycles. The highest BCUT2D eigenvalue weighted by Gasteiger charge is 2.46. The topological polar surface area (TPSA) is 82.1 Å². The van der Waals surface area contributed by atoms with E-state index < -0.39 is 29.5 Å². The van der Waals surface area contributed by atoms with Gasteiger partial charge in [0.05, 0.1) is 18.2 Å². The zero-order valence-corrected chi connectivity index (χ0v) is 22.7. The Morgan fingerprint density at radius 1 is 1.05 bits per heavy atom. The van der Waals surface area contributed by atoms with Crippen molar-refractivity contribution in [1.82, 2.24) is 4.90 Å². The predicted molar refractivity (Wildman–Crippen MR) is 138 cm³/mol. The smallest absolute Gasteiger partial charge is 0.410 e. The second-order valence-corrected chi connectivity index (χ2v) is 11.1. The quantitative estimate of drug-likeness (QED) is 0.290. The van der Waals surface area contributed by atoms with E-state index in [0.717, 1.165) is 32.1 Å². The molecule has 2 fully saturated rings. The molecule has 2 atom stereocenters. The largest absolute Gasteiger partial charge is 0.462 e. The van der Waals surface area contributed by atoms with Crippen molar-refractivity contribution in [2.24, 2.45) is 11.8 Å². The van der Waals surface area contributed by atoms with Crippen molar-refractivity contribution in [3.05, 3.63) is 35.1 Å². The summed E-state index contributed by atoms with van der Waals surface area (Å²) in [7, 11) is 0. The number of hydrogen-bond acceptors (Lipinski definition) is 6. The van der Waals surface area contributed by atoms with Crippen molar-refractivity contribution >= 4 is 17.8 Å². The number of ketones is 1. The highest BCUT2D eigenvalue weighted by atomic mass is 19.1. The van der Waals surface area contributed by atoms with Crippen molar-refractivity contribution in [1.29, 1.82) is 0 Å². The summed E-state index contributed by atoms with van der Waals surface area (Å²) in [5.41, 5.74) is -0.359. The maximum Gasteiger partial charge on any atom is 0.410 e. The Labute approximate surface area is 220 Å². The second kappa shape index (κ2) is 13.4. The van der Waals surface area contributed by atoms with E-state index in [0.29, 0.717) is 37.7 Å². The van der Waals surface area contributed by atoms with E-state index in [9.17, 15) is 18.8 Å². The molecule has 37 heavy (non-hydrogen) atoms. The number of rotatable bonds is 10. The van der Waals surface area contributed by atoms with Gasteiger partial charge in [0.15, 0.2) is 5.78 Å². The Morgan fingerprint density at radius 2 is 1.78 bits per heavy atom. The normalized spacial score (nSPS) is 20.6. The summed E-state index contributed by atoms with van der Waals surface area (Å²) in [4.78, 5) is 40.5. The molecule has 1 aromatic carbocycles. The monoisotopic (exact) mass is 519 g/mol. The molecule has 8 heteroatoms. The van der Waals surface area contributed by atoms with Crippen molar-refractivity contribution in [2.75, 3.05) is 26.4 Å². The number of amides is 1. The molecule has 7 nitrogen and oxygen atoms in total. The summed E-state index contributed by atoms with van der Waals surface area (Å²) < 4.78 is 30.8. The van der Waals surface area contributed by atoms with Crippen molar-refractivity contribution in [2.45, 2.75) is 90.7 Å². The molecule has 0 spiro atoms. The van der Waals surface area contributed by atoms with Crippen LogP contribution in [0.1, 0.15) is 88.6 Å². The van der Waals surface area contributed by atoms with E-state index >= 15 is 0 Å². The Balaban J connectivity index is 1.70. The molecule has 0 radical (unpaired) electrons. The number of halogens is 1. The predicted octanol–water partition coefficient (Wildman–Crippen LogP) is 5.73. The number of carbonyl (C=O) groups is 3. The van der Waals surface area contributed by atoms with Gasteiger partial charge in [-0.1, -0.05) is 38.2 Å². The maximum atomic E-state index is 14.8.